The zero-order valence-electron chi connectivity index (χ0n) is 3.23. The summed E-state index contributed by atoms with van der Waals surface area (Å²) in [5.41, 5.74) is 0. The Labute approximate surface area is 76.0 Å². The monoisotopic (exact) mass is 250 g/mol. The first-order chi connectivity index (χ1) is 1.50. The second kappa shape index (κ2) is 15.7. The summed E-state index contributed by atoms with van der Waals surface area (Å²) in [4.78, 5) is 0. The molecule has 1 aliphatic rings. The molecule has 50 valence electrons. The van der Waals surface area contributed by atoms with Crippen LogP contribution in [0.2, 0.25) is 0 Å². The van der Waals surface area contributed by atoms with Crippen molar-refractivity contribution in [3.8, 4) is 0 Å². The Hall–Kier alpha value is 1.27. The molecule has 0 aromatic heterocycles. The van der Waals surface area contributed by atoms with Crippen molar-refractivity contribution in [2.75, 3.05) is 0 Å². The van der Waals surface area contributed by atoms with Crippen LogP contribution in [0.5, 0.6) is 0 Å². The first kappa shape index (κ1) is 24.0. The molecule has 4 heteroatoms. The van der Waals surface area contributed by atoms with E-state index in [-0.39, 0.29) is 57.6 Å². The fraction of sp³-hybridized carbons (Fsp3) is 0.333. The van der Waals surface area contributed by atoms with Gasteiger partial charge in [-0.1, -0.05) is 0 Å². The van der Waals surface area contributed by atoms with E-state index in [2.05, 4.69) is 6.08 Å². The summed E-state index contributed by atoms with van der Waals surface area (Å²) in [6.45, 7) is 0. The molecule has 0 amide bonds. The van der Waals surface area contributed by atoms with Crippen LogP contribution in [0.1, 0.15) is 6.42 Å². The molecule has 0 heterocycles. The van der Waals surface area contributed by atoms with Gasteiger partial charge >= 0.3 is 0 Å². The first-order valence-corrected chi connectivity index (χ1v) is 1.05. The standard InChI is InChI=1S/C3H3.3ClH.Pd/c1-2-3-1;;;;/h1H,2H2;3*1H;/q-1;;;;/p-3. The van der Waals surface area contributed by atoms with Crippen molar-refractivity contribution in [3.05, 3.63) is 12.2 Å². The second-order valence-electron chi connectivity index (χ2n) is 0.612. The van der Waals surface area contributed by atoms with Gasteiger partial charge in [0.25, 0.3) is 0 Å². The number of halogens is 3. The van der Waals surface area contributed by atoms with Gasteiger partial charge < -0.3 is 43.3 Å². The topological polar surface area (TPSA) is 0 Å². The van der Waals surface area contributed by atoms with E-state index in [1.165, 1.54) is 0 Å². The summed E-state index contributed by atoms with van der Waals surface area (Å²) >= 11 is 0. The minimum Gasteiger partial charge on any atom is -1.00 e. The Morgan fingerprint density at radius 2 is 1.29 bits per heavy atom. The van der Waals surface area contributed by atoms with Gasteiger partial charge in [-0.15, -0.1) is 0 Å². The molecule has 0 aromatic carbocycles. The average Bonchev–Trinajstić information content (AvgIpc) is 1.46. The van der Waals surface area contributed by atoms with Crippen LogP contribution in [0.15, 0.2) is 6.08 Å². The maximum atomic E-state index is 2.88. The van der Waals surface area contributed by atoms with E-state index in [1.807, 2.05) is 6.08 Å². The number of hydrogen-bond acceptors (Lipinski definition) is 0. The maximum absolute atomic E-state index is 2.88. The molecular weight excluding hydrogens is 249 g/mol. The van der Waals surface area contributed by atoms with E-state index >= 15 is 0 Å². The molecule has 0 bridgehead atoms. The van der Waals surface area contributed by atoms with Crippen molar-refractivity contribution in [2.24, 2.45) is 0 Å². The molecule has 1 rings (SSSR count). The van der Waals surface area contributed by atoms with Crippen molar-refractivity contribution in [2.45, 2.75) is 6.42 Å². The van der Waals surface area contributed by atoms with Crippen LogP contribution in [0.4, 0.5) is 0 Å². The fourth-order valence-corrected chi connectivity index (χ4v) is 0. The molecule has 0 radical (unpaired) electrons. The van der Waals surface area contributed by atoms with Gasteiger partial charge in [0.1, 0.15) is 0 Å². The van der Waals surface area contributed by atoms with Gasteiger partial charge in [0.2, 0.25) is 0 Å². The zero-order valence-corrected chi connectivity index (χ0v) is 7.06. The van der Waals surface area contributed by atoms with Gasteiger partial charge in [-0.2, -0.15) is 0 Å². The van der Waals surface area contributed by atoms with E-state index in [9.17, 15) is 0 Å². The number of allylic oxidation sites excluding steroid dienone is 2. The quantitative estimate of drug-likeness (QED) is 0.297. The first-order valence-electron chi connectivity index (χ1n) is 1.05. The van der Waals surface area contributed by atoms with E-state index < -0.39 is 0 Å². The number of rotatable bonds is 0. The van der Waals surface area contributed by atoms with Gasteiger partial charge in [-0.25, -0.2) is 6.42 Å². The molecular formula is C3H3Cl3Pd-4. The third-order valence-corrected chi connectivity index (χ3v) is 0.204. The van der Waals surface area contributed by atoms with Gasteiger partial charge in [0.05, 0.1) is 0 Å². The summed E-state index contributed by atoms with van der Waals surface area (Å²) in [5.74, 6) is 0. The Morgan fingerprint density at radius 3 is 1.29 bits per heavy atom. The van der Waals surface area contributed by atoms with Gasteiger partial charge in [0, 0.05) is 20.4 Å². The van der Waals surface area contributed by atoms with Crippen LogP contribution in [0.25, 0.3) is 0 Å². The third-order valence-electron chi connectivity index (χ3n) is 0.204. The molecule has 0 unspecified atom stereocenters. The molecule has 7 heavy (non-hydrogen) atoms. The Bertz CT molecular complexity index is 33.2. The molecule has 1 aliphatic carbocycles. The molecule has 0 saturated heterocycles. The molecule has 0 spiro atoms. The van der Waals surface area contributed by atoms with Crippen LogP contribution in [-0.4, -0.2) is 0 Å². The smallest absolute Gasteiger partial charge is 0 e. The Balaban J connectivity index is -0.0000000112. The molecule has 0 nitrogen and oxygen atoms in total. The van der Waals surface area contributed by atoms with Gasteiger partial charge in [-0.3, -0.25) is 6.08 Å². The van der Waals surface area contributed by atoms with E-state index in [0.29, 0.717) is 0 Å². The van der Waals surface area contributed by atoms with Gasteiger partial charge in [-0.05, 0) is 0 Å². The fourth-order valence-electron chi connectivity index (χ4n) is 0. The average molecular weight is 252 g/mol. The largest absolute Gasteiger partial charge is 1.00 e. The normalized spacial score (nSPS) is 8.00. The molecule has 0 fully saturated rings. The molecule has 0 atom stereocenters. The molecule has 0 aliphatic heterocycles. The second-order valence-corrected chi connectivity index (χ2v) is 0.612. The summed E-state index contributed by atoms with van der Waals surface area (Å²) in [6.07, 6.45) is 6.00. The van der Waals surface area contributed by atoms with E-state index in [1.54, 1.807) is 0 Å². The summed E-state index contributed by atoms with van der Waals surface area (Å²) < 4.78 is 0. The predicted octanol–water partition coefficient (Wildman–Crippen LogP) is -8.24. The van der Waals surface area contributed by atoms with Crippen LogP contribution >= 0.6 is 0 Å². The van der Waals surface area contributed by atoms with Crippen molar-refractivity contribution in [1.82, 2.24) is 0 Å². The Morgan fingerprint density at radius 1 is 1.14 bits per heavy atom. The molecule has 0 N–H and O–H groups in total. The van der Waals surface area contributed by atoms with Crippen LogP contribution in [-0.2, 0) is 20.4 Å². The van der Waals surface area contributed by atoms with Crippen LogP contribution < -0.4 is 37.2 Å². The Kier molecular flexibility index (Phi) is 53.7. The summed E-state index contributed by atoms with van der Waals surface area (Å²) in [7, 11) is 0. The minimum atomic E-state index is 0. The van der Waals surface area contributed by atoms with E-state index in [4.69, 9.17) is 0 Å². The number of hydrogen-bond donors (Lipinski definition) is 0. The van der Waals surface area contributed by atoms with Crippen LogP contribution in [0.3, 0.4) is 0 Å². The van der Waals surface area contributed by atoms with E-state index in [0.717, 1.165) is 6.42 Å². The molecule has 0 saturated carbocycles. The predicted molar refractivity (Wildman–Crippen MR) is 12.4 cm³/mol. The van der Waals surface area contributed by atoms with Crippen molar-refractivity contribution >= 4 is 0 Å². The van der Waals surface area contributed by atoms with Crippen molar-refractivity contribution < 1.29 is 57.6 Å². The molecule has 0 aromatic rings. The SMILES string of the molecule is [C-]1=CC1.[Cl-].[Cl-].[Cl-].[Pd]. The minimum absolute atomic E-state index is 0. The summed E-state index contributed by atoms with van der Waals surface area (Å²) in [5, 5.41) is 0. The zero-order chi connectivity index (χ0) is 2.12. The van der Waals surface area contributed by atoms with Crippen molar-refractivity contribution in [3.63, 3.8) is 0 Å². The van der Waals surface area contributed by atoms with Crippen molar-refractivity contribution in [1.29, 1.82) is 0 Å². The van der Waals surface area contributed by atoms with Crippen LogP contribution in [0, 0.1) is 6.08 Å². The van der Waals surface area contributed by atoms with Gasteiger partial charge in [0.15, 0.2) is 0 Å². The maximum Gasteiger partial charge on any atom is 0 e. The summed E-state index contributed by atoms with van der Waals surface area (Å²) in [6, 6.07) is 0. The third kappa shape index (κ3) is 39.2.